The summed E-state index contributed by atoms with van der Waals surface area (Å²) >= 11 is 0. The lowest BCUT2D eigenvalue weighted by molar-refractivity contribution is -0.0923. The van der Waals surface area contributed by atoms with Gasteiger partial charge in [-0.25, -0.2) is 9.97 Å². The van der Waals surface area contributed by atoms with Crippen LogP contribution in [0.25, 0.3) is 11.0 Å². The number of rotatable bonds is 9. The summed E-state index contributed by atoms with van der Waals surface area (Å²) in [6.07, 6.45) is 5.62. The average molecular weight is 464 g/mol. The third-order valence-corrected chi connectivity index (χ3v) is 6.46. The van der Waals surface area contributed by atoms with E-state index in [1.807, 2.05) is 6.92 Å². The van der Waals surface area contributed by atoms with E-state index in [4.69, 9.17) is 20.3 Å². The number of ether oxygens (including phenoxy) is 1. The van der Waals surface area contributed by atoms with Gasteiger partial charge in [-0.3, -0.25) is 14.4 Å². The molecule has 2 amide bonds. The summed E-state index contributed by atoms with van der Waals surface area (Å²) in [5.74, 6) is 0.497. The normalized spacial score (nSPS) is 15.3. The molecule has 9 heteroatoms. The Bertz CT molecular complexity index is 1220. The van der Waals surface area contributed by atoms with Crippen molar-refractivity contribution in [1.29, 1.82) is 0 Å². The summed E-state index contributed by atoms with van der Waals surface area (Å²) in [5, 5.41) is 0.876. The Morgan fingerprint density at radius 2 is 1.76 bits per heavy atom. The zero-order chi connectivity index (χ0) is 23.7. The van der Waals surface area contributed by atoms with Crippen LogP contribution in [0.5, 0.6) is 0 Å². The number of hydroxylamine groups is 2. The fraction of sp³-hybridized carbons (Fsp3) is 0.440. The number of hydrogen-bond donors (Lipinski definition) is 1. The average Bonchev–Trinajstić information content (AvgIpc) is 3.34. The van der Waals surface area contributed by atoms with Gasteiger partial charge in [0.25, 0.3) is 11.8 Å². The van der Waals surface area contributed by atoms with Crippen LogP contribution in [0.2, 0.25) is 0 Å². The number of hydrogen-bond acceptors (Lipinski definition) is 7. The number of unbranched alkanes of at least 4 members (excludes halogenated alkanes) is 1. The van der Waals surface area contributed by atoms with Crippen LogP contribution in [0, 0.1) is 0 Å². The van der Waals surface area contributed by atoms with Crippen LogP contribution < -0.4 is 5.73 Å². The Kier molecular flexibility index (Phi) is 6.30. The molecule has 0 unspecified atom stereocenters. The van der Waals surface area contributed by atoms with Gasteiger partial charge in [0.15, 0.2) is 5.82 Å². The van der Waals surface area contributed by atoms with Crippen molar-refractivity contribution in [2.75, 3.05) is 18.9 Å². The summed E-state index contributed by atoms with van der Waals surface area (Å²) in [5.41, 5.74) is 11.2. The molecule has 0 fully saturated rings. The minimum absolute atomic E-state index is 0.265. The second kappa shape index (κ2) is 9.52. The van der Waals surface area contributed by atoms with Crippen molar-refractivity contribution in [3.8, 4) is 0 Å². The highest BCUT2D eigenvalue weighted by Crippen LogP contribution is 2.32. The Balaban J connectivity index is 1.29. The van der Waals surface area contributed by atoms with Gasteiger partial charge in [0.1, 0.15) is 17.9 Å². The fourth-order valence-corrected chi connectivity index (χ4v) is 4.81. The molecule has 0 atom stereocenters. The van der Waals surface area contributed by atoms with Gasteiger partial charge in [-0.1, -0.05) is 12.1 Å². The number of nitrogen functional groups attached to an aromatic ring is 1. The number of nitrogens with two attached hydrogens (primary N) is 1. The summed E-state index contributed by atoms with van der Waals surface area (Å²) in [7, 11) is 0. The van der Waals surface area contributed by atoms with Crippen LogP contribution in [-0.2, 0) is 35.6 Å². The van der Waals surface area contributed by atoms with E-state index in [2.05, 4.69) is 9.55 Å². The number of amides is 2. The van der Waals surface area contributed by atoms with Gasteiger partial charge in [-0.05, 0) is 63.1 Å². The molecule has 1 aliphatic carbocycles. The third-order valence-electron chi connectivity index (χ3n) is 6.46. The van der Waals surface area contributed by atoms with Gasteiger partial charge in [0.05, 0.1) is 23.3 Å². The molecule has 0 bridgehead atoms. The summed E-state index contributed by atoms with van der Waals surface area (Å²) in [4.78, 5) is 39.9. The molecule has 5 rings (SSSR count). The number of imidazole rings is 1. The van der Waals surface area contributed by atoms with E-state index in [-0.39, 0.29) is 6.61 Å². The van der Waals surface area contributed by atoms with Gasteiger partial charge < -0.3 is 15.0 Å². The SMILES string of the molecule is CCOCc1nc2c(N)nc3c(c2n1CCCCON1C(=O)c2ccccc2C1=O)CCCC3. The molecule has 0 saturated carbocycles. The maximum Gasteiger partial charge on any atom is 0.285 e. The molecule has 0 saturated heterocycles. The zero-order valence-corrected chi connectivity index (χ0v) is 19.4. The van der Waals surface area contributed by atoms with E-state index >= 15 is 0 Å². The molecule has 0 spiro atoms. The number of nitrogens with zero attached hydrogens (tertiary/aromatic N) is 4. The van der Waals surface area contributed by atoms with Gasteiger partial charge in [-0.15, -0.1) is 5.06 Å². The fourth-order valence-electron chi connectivity index (χ4n) is 4.81. The first-order valence-corrected chi connectivity index (χ1v) is 11.9. The van der Waals surface area contributed by atoms with Crippen molar-refractivity contribution < 1.29 is 19.2 Å². The number of pyridine rings is 1. The van der Waals surface area contributed by atoms with E-state index in [1.165, 1.54) is 5.56 Å². The smallest absolute Gasteiger partial charge is 0.285 e. The van der Waals surface area contributed by atoms with Gasteiger partial charge in [0.2, 0.25) is 0 Å². The first-order chi connectivity index (χ1) is 16.6. The second-order valence-electron chi connectivity index (χ2n) is 8.63. The molecular weight excluding hydrogens is 434 g/mol. The molecule has 0 radical (unpaired) electrons. The van der Waals surface area contributed by atoms with Crippen LogP contribution in [0.15, 0.2) is 24.3 Å². The topological polar surface area (TPSA) is 113 Å². The number of carbonyl (C=O) groups excluding carboxylic acids is 2. The summed E-state index contributed by atoms with van der Waals surface area (Å²) in [6.45, 7) is 3.94. The first kappa shape index (κ1) is 22.5. The quantitative estimate of drug-likeness (QED) is 0.382. The number of imide groups is 1. The highest BCUT2D eigenvalue weighted by Gasteiger charge is 2.36. The standard InChI is InChI=1S/C25H29N5O4/c1-2-33-15-20-28-21-22(18-11-5-6-12-19(18)27-23(21)26)29(20)13-7-8-14-34-30-24(31)16-9-3-4-10-17(16)25(30)32/h3-4,9-10H,2,5-8,11-15H2,1H3,(H2,26,27). The number of benzene rings is 1. The van der Waals surface area contributed by atoms with Crippen molar-refractivity contribution in [3.05, 3.63) is 52.5 Å². The van der Waals surface area contributed by atoms with Gasteiger partial charge in [0, 0.05) is 18.8 Å². The molecule has 2 aromatic heterocycles. The summed E-state index contributed by atoms with van der Waals surface area (Å²) in [6, 6.07) is 6.77. The molecule has 3 aromatic rings. The molecule has 178 valence electrons. The van der Waals surface area contributed by atoms with Crippen LogP contribution in [0.4, 0.5) is 5.82 Å². The number of fused-ring (bicyclic) bond motifs is 4. The third kappa shape index (κ3) is 3.95. The monoisotopic (exact) mass is 463 g/mol. The maximum atomic E-state index is 12.5. The van der Waals surface area contributed by atoms with Crippen LogP contribution in [0.3, 0.4) is 0 Å². The predicted molar refractivity (Wildman–Crippen MR) is 126 cm³/mol. The van der Waals surface area contributed by atoms with Crippen LogP contribution in [0.1, 0.15) is 70.4 Å². The van der Waals surface area contributed by atoms with Crippen molar-refractivity contribution in [2.24, 2.45) is 0 Å². The molecule has 2 N–H and O–H groups in total. The lowest BCUT2D eigenvalue weighted by Crippen LogP contribution is -2.30. The molecule has 3 heterocycles. The van der Waals surface area contributed by atoms with E-state index < -0.39 is 11.8 Å². The Hall–Kier alpha value is -3.30. The lowest BCUT2D eigenvalue weighted by atomic mass is 9.95. The molecule has 1 aromatic carbocycles. The van der Waals surface area contributed by atoms with Crippen LogP contribution in [-0.4, -0.2) is 44.6 Å². The van der Waals surface area contributed by atoms with E-state index in [0.717, 1.165) is 59.7 Å². The number of aryl methyl sites for hydroxylation is 3. The molecule has 2 aliphatic rings. The van der Waals surface area contributed by atoms with Gasteiger partial charge in [-0.2, -0.15) is 0 Å². The summed E-state index contributed by atoms with van der Waals surface area (Å²) < 4.78 is 7.88. The van der Waals surface area contributed by atoms with E-state index in [0.29, 0.717) is 43.1 Å². The Morgan fingerprint density at radius 3 is 2.50 bits per heavy atom. The first-order valence-electron chi connectivity index (χ1n) is 11.9. The second-order valence-corrected chi connectivity index (χ2v) is 8.63. The molecule has 34 heavy (non-hydrogen) atoms. The lowest BCUT2D eigenvalue weighted by Gasteiger charge is -2.18. The number of aromatic nitrogens is 3. The molecular formula is C25H29N5O4. The maximum absolute atomic E-state index is 12.5. The minimum Gasteiger partial charge on any atom is -0.382 e. The largest absolute Gasteiger partial charge is 0.382 e. The number of carbonyl (C=O) groups is 2. The highest BCUT2D eigenvalue weighted by molar-refractivity contribution is 6.20. The zero-order valence-electron chi connectivity index (χ0n) is 19.4. The Labute approximate surface area is 197 Å². The van der Waals surface area contributed by atoms with Crippen molar-refractivity contribution in [1.82, 2.24) is 19.6 Å². The van der Waals surface area contributed by atoms with Gasteiger partial charge >= 0.3 is 0 Å². The van der Waals surface area contributed by atoms with Crippen molar-refractivity contribution >= 4 is 28.7 Å². The Morgan fingerprint density at radius 1 is 1.03 bits per heavy atom. The minimum atomic E-state index is -0.408. The van der Waals surface area contributed by atoms with Crippen LogP contribution >= 0.6 is 0 Å². The van der Waals surface area contributed by atoms with Crippen molar-refractivity contribution in [2.45, 2.75) is 58.6 Å². The highest BCUT2D eigenvalue weighted by atomic mass is 16.7. The number of anilines is 1. The predicted octanol–water partition coefficient (Wildman–Crippen LogP) is 3.44. The van der Waals surface area contributed by atoms with Crippen molar-refractivity contribution in [3.63, 3.8) is 0 Å². The van der Waals surface area contributed by atoms with E-state index in [1.54, 1.807) is 24.3 Å². The molecule has 9 nitrogen and oxygen atoms in total. The van der Waals surface area contributed by atoms with E-state index in [9.17, 15) is 9.59 Å². The molecule has 1 aliphatic heterocycles.